The van der Waals surface area contributed by atoms with Crippen LogP contribution >= 0.6 is 0 Å². The molecule has 0 radical (unpaired) electrons. The van der Waals surface area contributed by atoms with Gasteiger partial charge in [0, 0.05) is 18.8 Å². The van der Waals surface area contributed by atoms with Crippen molar-refractivity contribution in [2.45, 2.75) is 25.8 Å². The molecule has 0 unspecified atom stereocenters. The minimum absolute atomic E-state index is 0.634. The van der Waals surface area contributed by atoms with Crippen molar-refractivity contribution in [1.82, 2.24) is 0 Å². The second kappa shape index (κ2) is 3.79. The van der Waals surface area contributed by atoms with Gasteiger partial charge in [-0.15, -0.1) is 0 Å². The van der Waals surface area contributed by atoms with Crippen molar-refractivity contribution in [3.05, 3.63) is 29.3 Å². The van der Waals surface area contributed by atoms with Crippen molar-refractivity contribution < 1.29 is 0 Å². The topological polar surface area (TPSA) is 38.0 Å². The van der Waals surface area contributed by atoms with Gasteiger partial charge in [0.2, 0.25) is 0 Å². The van der Waals surface area contributed by atoms with E-state index in [9.17, 15) is 0 Å². The van der Waals surface area contributed by atoms with Gasteiger partial charge in [-0.05, 0) is 36.5 Å². The molecule has 0 spiro atoms. The summed E-state index contributed by atoms with van der Waals surface area (Å²) in [6.45, 7) is 1.73. The summed E-state index contributed by atoms with van der Waals surface area (Å²) in [5, 5.41) is 3.44. The van der Waals surface area contributed by atoms with Crippen molar-refractivity contribution in [3.63, 3.8) is 0 Å². The van der Waals surface area contributed by atoms with E-state index < -0.39 is 0 Å². The molecule has 0 bridgehead atoms. The fourth-order valence-corrected chi connectivity index (χ4v) is 1.80. The van der Waals surface area contributed by atoms with E-state index in [0.29, 0.717) is 6.54 Å². The Morgan fingerprint density at radius 3 is 3.08 bits per heavy atom. The van der Waals surface area contributed by atoms with Crippen LogP contribution in [0.1, 0.15) is 24.0 Å². The van der Waals surface area contributed by atoms with E-state index in [1.54, 1.807) is 0 Å². The first kappa shape index (κ1) is 8.57. The van der Waals surface area contributed by atoms with Gasteiger partial charge in [-0.25, -0.2) is 0 Å². The fraction of sp³-hybridized carbons (Fsp3) is 0.455. The maximum absolute atomic E-state index is 5.59. The highest BCUT2D eigenvalue weighted by molar-refractivity contribution is 5.54. The summed E-state index contributed by atoms with van der Waals surface area (Å²) in [6.07, 6.45) is 3.77. The van der Waals surface area contributed by atoms with Gasteiger partial charge in [0.15, 0.2) is 0 Å². The van der Waals surface area contributed by atoms with E-state index in [1.165, 1.54) is 36.1 Å². The molecular formula is C11H16N2. The molecule has 13 heavy (non-hydrogen) atoms. The summed E-state index contributed by atoms with van der Waals surface area (Å²) in [7, 11) is 0. The fourth-order valence-electron chi connectivity index (χ4n) is 1.80. The molecule has 0 saturated heterocycles. The molecule has 2 heteroatoms. The number of rotatable bonds is 1. The van der Waals surface area contributed by atoms with Crippen LogP contribution < -0.4 is 11.1 Å². The SMILES string of the molecule is NCc1ccc2c(c1)NCCCC2. The van der Waals surface area contributed by atoms with Gasteiger partial charge in [0.25, 0.3) is 0 Å². The lowest BCUT2D eigenvalue weighted by Gasteiger charge is -2.08. The number of anilines is 1. The molecule has 70 valence electrons. The predicted molar refractivity (Wildman–Crippen MR) is 55.8 cm³/mol. The Balaban J connectivity index is 2.32. The summed E-state index contributed by atoms with van der Waals surface area (Å²) in [5.74, 6) is 0. The Morgan fingerprint density at radius 2 is 2.23 bits per heavy atom. The number of nitrogens with two attached hydrogens (primary N) is 1. The Hall–Kier alpha value is -1.02. The summed E-state index contributed by atoms with van der Waals surface area (Å²) < 4.78 is 0. The molecule has 0 aliphatic carbocycles. The Morgan fingerprint density at radius 1 is 1.31 bits per heavy atom. The average molecular weight is 176 g/mol. The highest BCUT2D eigenvalue weighted by Crippen LogP contribution is 2.22. The molecule has 1 aromatic carbocycles. The number of benzene rings is 1. The molecule has 1 heterocycles. The lowest BCUT2D eigenvalue weighted by atomic mass is 10.1. The van der Waals surface area contributed by atoms with Gasteiger partial charge < -0.3 is 11.1 Å². The van der Waals surface area contributed by atoms with Crippen LogP contribution in [0.5, 0.6) is 0 Å². The lowest BCUT2D eigenvalue weighted by molar-refractivity contribution is 0.785. The quantitative estimate of drug-likeness (QED) is 0.685. The van der Waals surface area contributed by atoms with Crippen LogP contribution in [0.3, 0.4) is 0 Å². The second-order valence-corrected chi connectivity index (χ2v) is 3.58. The largest absolute Gasteiger partial charge is 0.385 e. The maximum Gasteiger partial charge on any atom is 0.0375 e. The van der Waals surface area contributed by atoms with E-state index in [1.807, 2.05) is 0 Å². The van der Waals surface area contributed by atoms with Crippen LogP contribution in [-0.4, -0.2) is 6.54 Å². The van der Waals surface area contributed by atoms with E-state index in [4.69, 9.17) is 5.73 Å². The summed E-state index contributed by atoms with van der Waals surface area (Å²) in [5.41, 5.74) is 9.54. The standard InChI is InChI=1S/C11H16N2/c12-8-9-4-5-10-3-1-2-6-13-11(10)7-9/h4-5,7,13H,1-3,6,8,12H2. The van der Waals surface area contributed by atoms with Crippen molar-refractivity contribution in [3.8, 4) is 0 Å². The van der Waals surface area contributed by atoms with Crippen LogP contribution in [0.4, 0.5) is 5.69 Å². The molecule has 1 aliphatic rings. The number of fused-ring (bicyclic) bond motifs is 1. The van der Waals surface area contributed by atoms with Gasteiger partial charge in [0.1, 0.15) is 0 Å². The first-order chi connectivity index (χ1) is 6.40. The van der Waals surface area contributed by atoms with Gasteiger partial charge >= 0.3 is 0 Å². The normalized spacial score (nSPS) is 15.8. The van der Waals surface area contributed by atoms with E-state index >= 15 is 0 Å². The number of hydrogen-bond acceptors (Lipinski definition) is 2. The van der Waals surface area contributed by atoms with Crippen LogP contribution in [0.25, 0.3) is 0 Å². The van der Waals surface area contributed by atoms with Crippen LogP contribution in [0.15, 0.2) is 18.2 Å². The molecule has 1 aromatic rings. The Labute approximate surface area is 79.1 Å². The van der Waals surface area contributed by atoms with Crippen molar-refractivity contribution in [2.75, 3.05) is 11.9 Å². The Bertz CT molecular complexity index is 294. The zero-order valence-corrected chi connectivity index (χ0v) is 7.84. The lowest BCUT2D eigenvalue weighted by Crippen LogP contribution is -2.02. The van der Waals surface area contributed by atoms with Crippen LogP contribution in [-0.2, 0) is 13.0 Å². The maximum atomic E-state index is 5.59. The molecule has 0 amide bonds. The molecule has 3 N–H and O–H groups in total. The second-order valence-electron chi connectivity index (χ2n) is 3.58. The van der Waals surface area contributed by atoms with Gasteiger partial charge in [0.05, 0.1) is 0 Å². The zero-order valence-electron chi connectivity index (χ0n) is 7.84. The van der Waals surface area contributed by atoms with E-state index in [2.05, 4.69) is 23.5 Å². The summed E-state index contributed by atoms with van der Waals surface area (Å²) in [4.78, 5) is 0. The Kier molecular flexibility index (Phi) is 2.50. The van der Waals surface area contributed by atoms with E-state index in [0.717, 1.165) is 6.54 Å². The van der Waals surface area contributed by atoms with Crippen molar-refractivity contribution >= 4 is 5.69 Å². The molecule has 1 aliphatic heterocycles. The third-order valence-corrected chi connectivity index (χ3v) is 2.60. The molecule has 2 nitrogen and oxygen atoms in total. The predicted octanol–water partition coefficient (Wildman–Crippen LogP) is 1.89. The third kappa shape index (κ3) is 1.83. The van der Waals surface area contributed by atoms with Crippen LogP contribution in [0.2, 0.25) is 0 Å². The molecule has 2 rings (SSSR count). The molecular weight excluding hydrogens is 160 g/mol. The molecule has 0 atom stereocenters. The monoisotopic (exact) mass is 176 g/mol. The van der Waals surface area contributed by atoms with Gasteiger partial charge in [-0.2, -0.15) is 0 Å². The zero-order chi connectivity index (χ0) is 9.10. The minimum Gasteiger partial charge on any atom is -0.385 e. The van der Waals surface area contributed by atoms with E-state index in [-0.39, 0.29) is 0 Å². The number of aryl methyl sites for hydroxylation is 1. The molecule has 0 aromatic heterocycles. The third-order valence-electron chi connectivity index (χ3n) is 2.60. The van der Waals surface area contributed by atoms with Gasteiger partial charge in [-0.3, -0.25) is 0 Å². The van der Waals surface area contributed by atoms with Crippen molar-refractivity contribution in [1.29, 1.82) is 0 Å². The molecule has 0 saturated carbocycles. The highest BCUT2D eigenvalue weighted by atomic mass is 14.9. The first-order valence-electron chi connectivity index (χ1n) is 4.96. The number of nitrogens with one attached hydrogen (secondary N) is 1. The first-order valence-corrected chi connectivity index (χ1v) is 4.96. The molecule has 0 fully saturated rings. The smallest absolute Gasteiger partial charge is 0.0375 e. The van der Waals surface area contributed by atoms with Crippen molar-refractivity contribution in [2.24, 2.45) is 5.73 Å². The summed E-state index contributed by atoms with van der Waals surface area (Å²) >= 11 is 0. The minimum atomic E-state index is 0.634. The number of hydrogen-bond donors (Lipinski definition) is 2. The average Bonchev–Trinajstić information content (AvgIpc) is 2.41. The summed E-state index contributed by atoms with van der Waals surface area (Å²) in [6, 6.07) is 6.52. The highest BCUT2D eigenvalue weighted by Gasteiger charge is 2.06. The van der Waals surface area contributed by atoms with Gasteiger partial charge in [-0.1, -0.05) is 12.1 Å². The van der Waals surface area contributed by atoms with Crippen LogP contribution in [0, 0.1) is 0 Å².